The second-order valence-electron chi connectivity index (χ2n) is 10.1. The monoisotopic (exact) mass is 600 g/mol. The fourth-order valence-electron chi connectivity index (χ4n) is 3.81. The highest BCUT2D eigenvalue weighted by Crippen LogP contribution is 2.13. The van der Waals surface area contributed by atoms with Crippen LogP contribution in [0.15, 0.2) is 54.6 Å². The lowest BCUT2D eigenvalue weighted by Gasteiger charge is -2.26. The molecule has 0 bridgehead atoms. The Morgan fingerprint density at radius 1 is 0.721 bits per heavy atom. The van der Waals surface area contributed by atoms with Crippen LogP contribution in [0.5, 0.6) is 5.75 Å². The van der Waals surface area contributed by atoms with E-state index in [1.54, 1.807) is 50.2 Å². The van der Waals surface area contributed by atoms with Crippen LogP contribution < -0.4 is 21.3 Å². The molecule has 0 spiro atoms. The van der Waals surface area contributed by atoms with Gasteiger partial charge in [0.15, 0.2) is 0 Å². The lowest BCUT2D eigenvalue weighted by atomic mass is 10.0. The highest BCUT2D eigenvalue weighted by molar-refractivity contribution is 5.95. The third-order valence-electron chi connectivity index (χ3n) is 6.19. The van der Waals surface area contributed by atoms with Gasteiger partial charge in [-0.15, -0.1) is 0 Å². The summed E-state index contributed by atoms with van der Waals surface area (Å²) in [6, 6.07) is 9.48. The molecule has 7 N–H and O–H groups in total. The maximum absolute atomic E-state index is 13.4. The molecule has 0 aliphatic carbocycles. The third-order valence-corrected chi connectivity index (χ3v) is 6.19. The van der Waals surface area contributed by atoms with Crippen LogP contribution in [0.1, 0.15) is 38.3 Å². The van der Waals surface area contributed by atoms with Crippen molar-refractivity contribution in [1.29, 1.82) is 0 Å². The Kier molecular flexibility index (Phi) is 12.9. The van der Waals surface area contributed by atoms with Crippen molar-refractivity contribution in [3.8, 4) is 5.75 Å². The molecule has 0 aromatic heterocycles. The number of aliphatic carboxylic acids is 2. The Morgan fingerprint density at radius 2 is 1.35 bits per heavy atom. The maximum atomic E-state index is 13.4. The van der Waals surface area contributed by atoms with E-state index in [4.69, 9.17) is 14.9 Å². The second kappa shape index (κ2) is 16.3. The number of benzene rings is 2. The van der Waals surface area contributed by atoms with E-state index in [0.29, 0.717) is 5.56 Å². The Balaban J connectivity index is 2.12. The first kappa shape index (κ1) is 34.1. The minimum atomic E-state index is -1.71. The number of ether oxygens (including phenoxy) is 1. The molecule has 0 fully saturated rings. The van der Waals surface area contributed by atoms with Crippen molar-refractivity contribution in [1.82, 2.24) is 21.3 Å². The smallest absolute Gasteiger partial charge is 0.408 e. The number of phenolic OH excluding ortho intramolecular Hbond substituents is 1. The number of hydrogen-bond acceptors (Lipinski definition) is 8. The number of alkyl carbamates (subject to hydrolysis) is 1. The molecular weight excluding hydrogens is 564 g/mol. The number of rotatable bonds is 15. The first-order valence-corrected chi connectivity index (χ1v) is 13.4. The second-order valence-corrected chi connectivity index (χ2v) is 10.1. The predicted octanol–water partition coefficient (Wildman–Crippen LogP) is 0.919. The summed E-state index contributed by atoms with van der Waals surface area (Å²) in [5.74, 6) is -5.93. The lowest BCUT2D eigenvalue weighted by Crippen LogP contribution is -2.58. The molecule has 0 saturated heterocycles. The summed E-state index contributed by atoms with van der Waals surface area (Å²) in [5.41, 5.74) is 1.32. The Hall–Kier alpha value is -5.14. The highest BCUT2D eigenvalue weighted by Gasteiger charge is 2.32. The zero-order valence-corrected chi connectivity index (χ0v) is 23.9. The Morgan fingerprint density at radius 3 is 1.91 bits per heavy atom. The van der Waals surface area contributed by atoms with Crippen LogP contribution in [0.25, 0.3) is 0 Å². The number of nitrogens with one attached hydrogen (secondary N) is 4. The molecule has 4 amide bonds. The number of carboxylic acid groups (broad SMARTS) is 2. The highest BCUT2D eigenvalue weighted by atomic mass is 16.5. The Labute approximate surface area is 247 Å². The summed E-state index contributed by atoms with van der Waals surface area (Å²) in [6.45, 7) is 4.49. The summed E-state index contributed by atoms with van der Waals surface area (Å²) >= 11 is 0. The number of amides is 4. The molecule has 2 aromatic carbocycles. The van der Waals surface area contributed by atoms with Gasteiger partial charge in [-0.2, -0.15) is 0 Å². The minimum absolute atomic E-state index is 0.00677. The Bertz CT molecular complexity index is 1280. The standard InChI is InChI=1S/C29H36N4O10/c1-16(2)24(27(39)30-17(3)25(37)31-22(28(40)41)14-23(35)36)33-26(38)21(13-18-9-11-20(34)12-10-18)32-29(42)43-15-19-7-5-4-6-8-19/h4-12,16-17,21-22,24,34H,13-15H2,1-3H3,(H,30,39)(H,31,37)(H,32,42)(H,33,38)(H,35,36)(H,40,41). The van der Waals surface area contributed by atoms with Crippen molar-refractivity contribution in [2.24, 2.45) is 5.92 Å². The summed E-state index contributed by atoms with van der Waals surface area (Å²) in [5, 5.41) is 37.1. The van der Waals surface area contributed by atoms with Gasteiger partial charge in [0.1, 0.15) is 36.5 Å². The summed E-state index contributed by atoms with van der Waals surface area (Å²) in [7, 11) is 0. The van der Waals surface area contributed by atoms with Crippen molar-refractivity contribution in [3.63, 3.8) is 0 Å². The number of carboxylic acids is 2. The van der Waals surface area contributed by atoms with Crippen LogP contribution in [-0.4, -0.2) is 75.2 Å². The SMILES string of the molecule is CC(NC(=O)C(NC(=O)C(Cc1ccc(O)cc1)NC(=O)OCc1ccccc1)C(C)C)C(=O)NC(CC(=O)O)C(=O)O. The molecule has 43 heavy (non-hydrogen) atoms. The average molecular weight is 601 g/mol. The minimum Gasteiger partial charge on any atom is -0.508 e. The molecule has 4 atom stereocenters. The molecule has 0 aliphatic rings. The van der Waals surface area contributed by atoms with E-state index < -0.39 is 72.3 Å². The zero-order valence-electron chi connectivity index (χ0n) is 23.9. The molecule has 232 valence electrons. The number of carbonyl (C=O) groups excluding carboxylic acids is 4. The molecule has 0 saturated carbocycles. The molecule has 2 aromatic rings. The van der Waals surface area contributed by atoms with Crippen LogP contribution in [0.4, 0.5) is 4.79 Å². The topological polar surface area (TPSA) is 220 Å². The van der Waals surface area contributed by atoms with E-state index in [1.165, 1.54) is 19.1 Å². The number of carbonyl (C=O) groups is 6. The third kappa shape index (κ3) is 11.7. The van der Waals surface area contributed by atoms with Crippen LogP contribution >= 0.6 is 0 Å². The van der Waals surface area contributed by atoms with Gasteiger partial charge in [0.05, 0.1) is 6.42 Å². The van der Waals surface area contributed by atoms with Crippen LogP contribution in [0, 0.1) is 5.92 Å². The van der Waals surface area contributed by atoms with Crippen molar-refractivity contribution in [2.75, 3.05) is 0 Å². The van der Waals surface area contributed by atoms with Crippen LogP contribution in [0.3, 0.4) is 0 Å². The van der Waals surface area contributed by atoms with Gasteiger partial charge in [0.2, 0.25) is 17.7 Å². The predicted molar refractivity (Wildman–Crippen MR) is 152 cm³/mol. The van der Waals surface area contributed by atoms with E-state index in [0.717, 1.165) is 5.56 Å². The van der Waals surface area contributed by atoms with E-state index in [2.05, 4.69) is 21.3 Å². The van der Waals surface area contributed by atoms with E-state index in [1.807, 2.05) is 6.07 Å². The van der Waals surface area contributed by atoms with Crippen molar-refractivity contribution in [2.45, 2.75) is 64.4 Å². The quantitative estimate of drug-likeness (QED) is 0.153. The first-order valence-electron chi connectivity index (χ1n) is 13.4. The summed E-state index contributed by atoms with van der Waals surface area (Å²) < 4.78 is 5.24. The molecular formula is C29H36N4O10. The number of phenols is 1. The van der Waals surface area contributed by atoms with Gasteiger partial charge in [-0.1, -0.05) is 56.3 Å². The van der Waals surface area contributed by atoms with Gasteiger partial charge in [0, 0.05) is 6.42 Å². The van der Waals surface area contributed by atoms with Crippen molar-refractivity contribution < 1.29 is 48.8 Å². The van der Waals surface area contributed by atoms with Crippen LogP contribution in [0.2, 0.25) is 0 Å². The molecule has 4 unspecified atom stereocenters. The fourth-order valence-corrected chi connectivity index (χ4v) is 3.81. The molecule has 0 aliphatic heterocycles. The summed E-state index contributed by atoms with van der Waals surface area (Å²) in [4.78, 5) is 73.7. The van der Waals surface area contributed by atoms with Gasteiger partial charge in [-0.05, 0) is 36.1 Å². The summed E-state index contributed by atoms with van der Waals surface area (Å²) in [6.07, 6.45) is -1.76. The van der Waals surface area contributed by atoms with Gasteiger partial charge in [-0.25, -0.2) is 9.59 Å². The van der Waals surface area contributed by atoms with Crippen molar-refractivity contribution >= 4 is 35.8 Å². The molecule has 2 rings (SSSR count). The number of hydrogen-bond donors (Lipinski definition) is 7. The average Bonchev–Trinajstić information content (AvgIpc) is 2.95. The van der Waals surface area contributed by atoms with Crippen molar-refractivity contribution in [3.05, 3.63) is 65.7 Å². The van der Waals surface area contributed by atoms with Gasteiger partial charge in [0.25, 0.3) is 0 Å². The zero-order chi connectivity index (χ0) is 32.1. The molecule has 14 heteroatoms. The van der Waals surface area contributed by atoms with Gasteiger partial charge in [-0.3, -0.25) is 19.2 Å². The molecule has 0 radical (unpaired) electrons. The molecule has 14 nitrogen and oxygen atoms in total. The normalized spacial score (nSPS) is 13.5. The first-order chi connectivity index (χ1) is 20.3. The van der Waals surface area contributed by atoms with Crippen LogP contribution in [-0.2, 0) is 41.7 Å². The fraction of sp³-hybridized carbons (Fsp3) is 0.379. The number of aromatic hydroxyl groups is 1. The van der Waals surface area contributed by atoms with E-state index in [9.17, 15) is 33.9 Å². The largest absolute Gasteiger partial charge is 0.508 e. The van der Waals surface area contributed by atoms with E-state index in [-0.39, 0.29) is 18.8 Å². The van der Waals surface area contributed by atoms with Gasteiger partial charge >= 0.3 is 18.0 Å². The lowest BCUT2D eigenvalue weighted by molar-refractivity contribution is -0.147. The van der Waals surface area contributed by atoms with E-state index >= 15 is 0 Å². The maximum Gasteiger partial charge on any atom is 0.408 e. The molecule has 0 heterocycles. The van der Waals surface area contributed by atoms with Gasteiger partial charge < -0.3 is 41.3 Å².